The van der Waals surface area contributed by atoms with Crippen LogP contribution in [0.5, 0.6) is 0 Å². The van der Waals surface area contributed by atoms with E-state index in [1.54, 1.807) is 31.1 Å². The Hall–Kier alpha value is -3.95. The zero-order valence-electron chi connectivity index (χ0n) is 18.3. The number of carbonyl (C=O) groups excluding carboxylic acids is 3. The Bertz CT molecular complexity index is 1350. The summed E-state index contributed by atoms with van der Waals surface area (Å²) in [5.41, 5.74) is 2.24. The van der Waals surface area contributed by atoms with Crippen LogP contribution in [0.4, 0.5) is 4.79 Å². The SMILES string of the molecule is Cn1c(=O)[nH]c2ncc(-c3cccc(C(=O)N4CCC(C5(C)NC(=O)NC5=O)CC4)c3)cc21. The third-order valence-electron chi connectivity index (χ3n) is 6.87. The number of aryl methyl sites for hydroxylation is 1. The average molecular weight is 448 g/mol. The highest BCUT2D eigenvalue weighted by Crippen LogP contribution is 2.31. The summed E-state index contributed by atoms with van der Waals surface area (Å²) < 4.78 is 1.50. The van der Waals surface area contributed by atoms with Gasteiger partial charge in [-0.3, -0.25) is 24.5 Å². The Balaban J connectivity index is 1.33. The maximum absolute atomic E-state index is 13.2. The Morgan fingerprint density at radius 2 is 1.88 bits per heavy atom. The van der Waals surface area contributed by atoms with Gasteiger partial charge in [0.25, 0.3) is 11.8 Å². The molecular formula is C23H24N6O4. The van der Waals surface area contributed by atoms with Crippen LogP contribution in [0, 0.1) is 5.92 Å². The molecule has 0 saturated carbocycles. The first kappa shape index (κ1) is 20.9. The Kier molecular flexibility index (Phi) is 4.80. The van der Waals surface area contributed by atoms with Crippen LogP contribution in [0.2, 0.25) is 0 Å². The number of amides is 4. The molecule has 170 valence electrons. The second-order valence-corrected chi connectivity index (χ2v) is 8.84. The molecule has 10 nitrogen and oxygen atoms in total. The number of aromatic nitrogens is 3. The molecule has 0 bridgehead atoms. The summed E-state index contributed by atoms with van der Waals surface area (Å²) in [6.45, 7) is 2.75. The normalized spacial score (nSPS) is 21.3. The number of hydrogen-bond acceptors (Lipinski definition) is 5. The van der Waals surface area contributed by atoms with E-state index in [1.165, 1.54) is 4.57 Å². The minimum atomic E-state index is -0.934. The highest BCUT2D eigenvalue weighted by atomic mass is 16.2. The first-order chi connectivity index (χ1) is 15.8. The fraction of sp³-hybridized carbons (Fsp3) is 0.348. The van der Waals surface area contributed by atoms with Gasteiger partial charge in [0.05, 0.1) is 5.52 Å². The second kappa shape index (κ2) is 7.58. The minimum absolute atomic E-state index is 0.0369. The molecule has 0 radical (unpaired) electrons. The van der Waals surface area contributed by atoms with Gasteiger partial charge in [-0.05, 0) is 49.4 Å². The molecule has 2 fully saturated rings. The number of fused-ring (bicyclic) bond motifs is 1. The molecule has 2 saturated heterocycles. The Morgan fingerprint density at radius 3 is 2.58 bits per heavy atom. The molecule has 1 aromatic carbocycles. The van der Waals surface area contributed by atoms with E-state index in [0.717, 1.165) is 11.1 Å². The van der Waals surface area contributed by atoms with E-state index in [4.69, 9.17) is 0 Å². The molecule has 0 spiro atoms. The number of hydrogen-bond donors (Lipinski definition) is 3. The quantitative estimate of drug-likeness (QED) is 0.522. The lowest BCUT2D eigenvalue weighted by Gasteiger charge is -2.38. The number of benzene rings is 1. The zero-order chi connectivity index (χ0) is 23.3. The second-order valence-electron chi connectivity index (χ2n) is 8.84. The summed E-state index contributed by atoms with van der Waals surface area (Å²) in [5.74, 6) is -0.427. The molecule has 0 aliphatic carbocycles. The van der Waals surface area contributed by atoms with Gasteiger partial charge in [0.2, 0.25) is 0 Å². The summed E-state index contributed by atoms with van der Waals surface area (Å²) in [4.78, 5) is 57.6. The molecule has 2 aliphatic heterocycles. The lowest BCUT2D eigenvalue weighted by molar-refractivity contribution is -0.125. The maximum atomic E-state index is 13.2. The summed E-state index contributed by atoms with van der Waals surface area (Å²) in [7, 11) is 1.68. The standard InChI is InChI=1S/C23H24N6O4/c1-23(20(31)26-21(32)27-23)16-6-8-29(9-7-16)19(30)14-5-3-4-13(10-14)15-11-17-18(24-12-15)25-22(33)28(17)2/h3-5,10-12,16H,6-9H2,1-2H3,(H,24,25,33)(H2,26,27,31,32). The summed E-state index contributed by atoms with van der Waals surface area (Å²) in [5, 5.41) is 5.04. The summed E-state index contributed by atoms with van der Waals surface area (Å²) in [6.07, 6.45) is 2.92. The van der Waals surface area contributed by atoms with Crippen molar-refractivity contribution in [1.29, 1.82) is 0 Å². The van der Waals surface area contributed by atoms with E-state index in [2.05, 4.69) is 20.6 Å². The number of urea groups is 1. The average Bonchev–Trinajstić information content (AvgIpc) is 3.26. The van der Waals surface area contributed by atoms with E-state index in [1.807, 2.05) is 24.3 Å². The van der Waals surface area contributed by atoms with Gasteiger partial charge in [0.1, 0.15) is 5.54 Å². The number of rotatable bonds is 3. The number of pyridine rings is 1. The van der Waals surface area contributed by atoms with Crippen LogP contribution in [0.15, 0.2) is 41.3 Å². The molecule has 4 heterocycles. The predicted octanol–water partition coefficient (Wildman–Crippen LogP) is 1.38. The van der Waals surface area contributed by atoms with Gasteiger partial charge in [0, 0.05) is 37.5 Å². The van der Waals surface area contributed by atoms with Crippen molar-refractivity contribution in [3.63, 3.8) is 0 Å². The summed E-state index contributed by atoms with van der Waals surface area (Å²) in [6, 6.07) is 8.74. The van der Waals surface area contributed by atoms with Gasteiger partial charge in [-0.1, -0.05) is 12.1 Å². The summed E-state index contributed by atoms with van der Waals surface area (Å²) >= 11 is 0. The van der Waals surface area contributed by atoms with Crippen molar-refractivity contribution in [1.82, 2.24) is 30.1 Å². The molecule has 3 aromatic rings. The van der Waals surface area contributed by atoms with Crippen molar-refractivity contribution in [3.05, 3.63) is 52.6 Å². The van der Waals surface area contributed by atoms with E-state index in [-0.39, 0.29) is 23.4 Å². The zero-order valence-corrected chi connectivity index (χ0v) is 18.3. The smallest absolute Gasteiger partial charge is 0.327 e. The van der Waals surface area contributed by atoms with Crippen molar-refractivity contribution in [2.45, 2.75) is 25.3 Å². The number of H-pyrrole nitrogens is 1. The van der Waals surface area contributed by atoms with Gasteiger partial charge in [-0.25, -0.2) is 14.6 Å². The van der Waals surface area contributed by atoms with E-state index < -0.39 is 11.6 Å². The van der Waals surface area contributed by atoms with Crippen LogP contribution in [-0.2, 0) is 11.8 Å². The fourth-order valence-corrected chi connectivity index (χ4v) is 4.78. The molecule has 33 heavy (non-hydrogen) atoms. The molecule has 3 N–H and O–H groups in total. The largest absolute Gasteiger partial charge is 0.339 e. The number of piperidine rings is 1. The molecule has 4 amide bonds. The number of imidazole rings is 1. The molecular weight excluding hydrogens is 424 g/mol. The maximum Gasteiger partial charge on any atom is 0.327 e. The van der Waals surface area contributed by atoms with Crippen molar-refractivity contribution in [3.8, 4) is 11.1 Å². The number of imide groups is 1. The molecule has 2 aliphatic rings. The predicted molar refractivity (Wildman–Crippen MR) is 120 cm³/mol. The number of likely N-dealkylation sites (tertiary alicyclic amines) is 1. The third-order valence-corrected chi connectivity index (χ3v) is 6.87. The van der Waals surface area contributed by atoms with E-state index in [0.29, 0.717) is 42.7 Å². The lowest BCUT2D eigenvalue weighted by Crippen LogP contribution is -2.54. The van der Waals surface area contributed by atoms with Crippen LogP contribution in [0.3, 0.4) is 0 Å². The van der Waals surface area contributed by atoms with Gasteiger partial charge in [-0.2, -0.15) is 0 Å². The first-order valence-electron chi connectivity index (χ1n) is 10.8. The molecule has 1 unspecified atom stereocenters. The van der Waals surface area contributed by atoms with Crippen LogP contribution in [-0.4, -0.2) is 55.9 Å². The molecule has 10 heteroatoms. The van der Waals surface area contributed by atoms with Crippen molar-refractivity contribution < 1.29 is 14.4 Å². The molecule has 5 rings (SSSR count). The number of nitrogens with zero attached hydrogens (tertiary/aromatic N) is 3. The molecule has 1 atom stereocenters. The van der Waals surface area contributed by atoms with Gasteiger partial charge < -0.3 is 10.2 Å². The van der Waals surface area contributed by atoms with Gasteiger partial charge >= 0.3 is 11.7 Å². The molecule has 2 aromatic heterocycles. The topological polar surface area (TPSA) is 129 Å². The minimum Gasteiger partial charge on any atom is -0.339 e. The number of aromatic amines is 1. The van der Waals surface area contributed by atoms with Crippen LogP contribution in [0.25, 0.3) is 22.3 Å². The van der Waals surface area contributed by atoms with E-state index in [9.17, 15) is 19.2 Å². The first-order valence-corrected chi connectivity index (χ1v) is 10.8. The number of nitrogens with one attached hydrogen (secondary N) is 3. The van der Waals surface area contributed by atoms with Crippen LogP contribution < -0.4 is 16.3 Å². The lowest BCUT2D eigenvalue weighted by atomic mass is 9.79. The third kappa shape index (κ3) is 3.47. The highest BCUT2D eigenvalue weighted by molar-refractivity contribution is 6.07. The van der Waals surface area contributed by atoms with Crippen molar-refractivity contribution in [2.75, 3.05) is 13.1 Å². The van der Waals surface area contributed by atoms with Gasteiger partial charge in [-0.15, -0.1) is 0 Å². The van der Waals surface area contributed by atoms with Crippen LogP contribution >= 0.6 is 0 Å². The highest BCUT2D eigenvalue weighted by Gasteiger charge is 2.48. The van der Waals surface area contributed by atoms with E-state index >= 15 is 0 Å². The Labute approximate surface area is 189 Å². The van der Waals surface area contributed by atoms with Crippen molar-refractivity contribution >= 4 is 29.0 Å². The Morgan fingerprint density at radius 1 is 1.12 bits per heavy atom. The van der Waals surface area contributed by atoms with Crippen molar-refractivity contribution in [2.24, 2.45) is 13.0 Å². The number of carbonyl (C=O) groups is 3. The monoisotopic (exact) mass is 448 g/mol. The fourth-order valence-electron chi connectivity index (χ4n) is 4.78. The van der Waals surface area contributed by atoms with Crippen LogP contribution in [0.1, 0.15) is 30.1 Å². The van der Waals surface area contributed by atoms with Gasteiger partial charge in [0.15, 0.2) is 5.65 Å².